The second-order valence-corrected chi connectivity index (χ2v) is 5.00. The van der Waals surface area contributed by atoms with Crippen LogP contribution in [0.2, 0.25) is 0 Å². The van der Waals surface area contributed by atoms with E-state index in [9.17, 15) is 14.0 Å². The Balaban J connectivity index is 1.92. The first kappa shape index (κ1) is 15.2. The van der Waals surface area contributed by atoms with Gasteiger partial charge in [0.15, 0.2) is 0 Å². The number of likely N-dealkylation sites (tertiary alicyclic amines) is 1. The molecule has 1 aromatic rings. The summed E-state index contributed by atoms with van der Waals surface area (Å²) >= 11 is 0. The molecule has 2 amide bonds. The zero-order valence-electron chi connectivity index (χ0n) is 11.5. The fourth-order valence-electron chi connectivity index (χ4n) is 2.29. The van der Waals surface area contributed by atoms with Gasteiger partial charge in [-0.2, -0.15) is 0 Å². The quantitative estimate of drug-likeness (QED) is 0.497. The fourth-order valence-corrected chi connectivity index (χ4v) is 2.29. The van der Waals surface area contributed by atoms with Crippen LogP contribution in [0.15, 0.2) is 30.3 Å². The first-order valence-electron chi connectivity index (χ1n) is 6.71. The SMILES string of the molecule is NNC(=O)C1(F)CCCN(C(=O)OCc2ccccc2)C1. The molecule has 1 heterocycles. The lowest BCUT2D eigenvalue weighted by Gasteiger charge is -2.35. The second-order valence-electron chi connectivity index (χ2n) is 5.00. The van der Waals surface area contributed by atoms with Crippen molar-refractivity contribution in [1.82, 2.24) is 10.3 Å². The van der Waals surface area contributed by atoms with Crippen molar-refractivity contribution in [3.05, 3.63) is 35.9 Å². The summed E-state index contributed by atoms with van der Waals surface area (Å²) in [5.41, 5.74) is 0.488. The van der Waals surface area contributed by atoms with Crippen LogP contribution in [0.25, 0.3) is 0 Å². The van der Waals surface area contributed by atoms with E-state index in [0.29, 0.717) is 13.0 Å². The number of alkyl halides is 1. The largest absolute Gasteiger partial charge is 0.445 e. The molecule has 1 atom stereocenters. The van der Waals surface area contributed by atoms with Gasteiger partial charge in [-0.05, 0) is 18.4 Å². The number of piperidine rings is 1. The van der Waals surface area contributed by atoms with E-state index in [1.54, 1.807) is 5.43 Å². The van der Waals surface area contributed by atoms with Gasteiger partial charge in [0.1, 0.15) is 6.61 Å². The molecule has 0 saturated carbocycles. The first-order valence-corrected chi connectivity index (χ1v) is 6.71. The van der Waals surface area contributed by atoms with Gasteiger partial charge in [0.05, 0.1) is 6.54 Å². The maximum Gasteiger partial charge on any atom is 0.410 e. The van der Waals surface area contributed by atoms with Gasteiger partial charge in [0.2, 0.25) is 5.67 Å². The van der Waals surface area contributed by atoms with E-state index in [0.717, 1.165) is 5.56 Å². The number of nitrogens with two attached hydrogens (primary N) is 1. The predicted molar refractivity (Wildman–Crippen MR) is 73.6 cm³/mol. The normalized spacial score (nSPS) is 21.7. The number of ether oxygens (including phenoxy) is 1. The van der Waals surface area contributed by atoms with E-state index in [-0.39, 0.29) is 19.6 Å². The van der Waals surface area contributed by atoms with Crippen molar-refractivity contribution >= 4 is 12.0 Å². The number of rotatable bonds is 3. The number of hydrazine groups is 1. The lowest BCUT2D eigenvalue weighted by molar-refractivity contribution is -0.136. The van der Waals surface area contributed by atoms with Gasteiger partial charge in [-0.1, -0.05) is 30.3 Å². The van der Waals surface area contributed by atoms with Crippen molar-refractivity contribution in [1.29, 1.82) is 0 Å². The van der Waals surface area contributed by atoms with E-state index >= 15 is 0 Å². The highest BCUT2D eigenvalue weighted by atomic mass is 19.1. The summed E-state index contributed by atoms with van der Waals surface area (Å²) in [6, 6.07) is 9.18. The van der Waals surface area contributed by atoms with Crippen LogP contribution in [0.1, 0.15) is 18.4 Å². The van der Waals surface area contributed by atoms with Crippen LogP contribution < -0.4 is 11.3 Å². The Labute approximate surface area is 122 Å². The number of hydrogen-bond acceptors (Lipinski definition) is 4. The smallest absolute Gasteiger partial charge is 0.410 e. The third-order valence-corrected chi connectivity index (χ3v) is 3.44. The number of halogens is 1. The summed E-state index contributed by atoms with van der Waals surface area (Å²) in [7, 11) is 0. The van der Waals surface area contributed by atoms with Gasteiger partial charge < -0.3 is 9.64 Å². The van der Waals surface area contributed by atoms with Gasteiger partial charge >= 0.3 is 6.09 Å². The minimum absolute atomic E-state index is 0.0402. The molecule has 7 heteroatoms. The Morgan fingerprint density at radius 1 is 1.38 bits per heavy atom. The standard InChI is InChI=1S/C14H18FN3O3/c15-14(12(19)17-16)7-4-8-18(10-14)13(20)21-9-11-5-2-1-3-6-11/h1-3,5-6H,4,7-10,16H2,(H,17,19). The maximum atomic E-state index is 14.4. The van der Waals surface area contributed by atoms with Crippen molar-refractivity contribution in [3.8, 4) is 0 Å². The Kier molecular flexibility index (Phi) is 4.74. The summed E-state index contributed by atoms with van der Waals surface area (Å²) in [6.07, 6.45) is -0.214. The Bertz CT molecular complexity index is 511. The molecule has 21 heavy (non-hydrogen) atoms. The van der Waals surface area contributed by atoms with Gasteiger partial charge in [0.25, 0.3) is 5.91 Å². The number of hydrogen-bond donors (Lipinski definition) is 2. The molecular weight excluding hydrogens is 277 g/mol. The van der Waals surface area contributed by atoms with Crippen LogP contribution in [0.4, 0.5) is 9.18 Å². The summed E-state index contributed by atoms with van der Waals surface area (Å²) in [6.45, 7) is 0.124. The monoisotopic (exact) mass is 295 g/mol. The van der Waals surface area contributed by atoms with Crippen molar-refractivity contribution in [2.75, 3.05) is 13.1 Å². The lowest BCUT2D eigenvalue weighted by Crippen LogP contribution is -2.57. The number of nitrogens with zero attached hydrogens (tertiary/aromatic N) is 1. The average Bonchev–Trinajstić information content (AvgIpc) is 2.52. The van der Waals surface area contributed by atoms with Crippen molar-refractivity contribution in [2.24, 2.45) is 5.84 Å². The number of carbonyl (C=O) groups is 2. The number of nitrogens with one attached hydrogen (secondary N) is 1. The molecule has 1 unspecified atom stereocenters. The van der Waals surface area contributed by atoms with Crippen LogP contribution in [-0.4, -0.2) is 35.7 Å². The Morgan fingerprint density at radius 3 is 2.76 bits per heavy atom. The molecule has 1 aliphatic heterocycles. The topological polar surface area (TPSA) is 84.7 Å². The highest BCUT2D eigenvalue weighted by molar-refractivity contribution is 5.85. The van der Waals surface area contributed by atoms with Crippen molar-refractivity contribution < 1.29 is 18.7 Å². The molecule has 0 bridgehead atoms. The molecule has 114 valence electrons. The van der Waals surface area contributed by atoms with E-state index in [2.05, 4.69) is 0 Å². The van der Waals surface area contributed by atoms with Gasteiger partial charge in [-0.25, -0.2) is 15.0 Å². The minimum atomic E-state index is -2.15. The third-order valence-electron chi connectivity index (χ3n) is 3.44. The zero-order chi connectivity index (χ0) is 15.3. The molecule has 0 spiro atoms. The molecule has 0 aromatic heterocycles. The van der Waals surface area contributed by atoms with Crippen molar-refractivity contribution in [3.63, 3.8) is 0 Å². The summed E-state index contributed by atoms with van der Waals surface area (Å²) < 4.78 is 19.5. The summed E-state index contributed by atoms with van der Waals surface area (Å²) in [5, 5.41) is 0. The highest BCUT2D eigenvalue weighted by Gasteiger charge is 2.44. The summed E-state index contributed by atoms with van der Waals surface area (Å²) in [5.74, 6) is 4.06. The van der Waals surface area contributed by atoms with E-state index in [1.807, 2.05) is 30.3 Å². The molecule has 6 nitrogen and oxygen atoms in total. The Hall–Kier alpha value is -2.15. The highest BCUT2D eigenvalue weighted by Crippen LogP contribution is 2.26. The third kappa shape index (κ3) is 3.69. The van der Waals surface area contributed by atoms with Crippen LogP contribution >= 0.6 is 0 Å². The van der Waals surface area contributed by atoms with Crippen LogP contribution in [-0.2, 0) is 16.1 Å². The minimum Gasteiger partial charge on any atom is -0.445 e. The van der Waals surface area contributed by atoms with E-state index in [1.165, 1.54) is 4.90 Å². The van der Waals surface area contributed by atoms with Crippen molar-refractivity contribution in [2.45, 2.75) is 25.1 Å². The first-order chi connectivity index (χ1) is 10.0. The van der Waals surface area contributed by atoms with Crippen LogP contribution in [0, 0.1) is 0 Å². The summed E-state index contributed by atoms with van der Waals surface area (Å²) in [4.78, 5) is 24.6. The number of carbonyl (C=O) groups excluding carboxylic acids is 2. The molecule has 1 aliphatic rings. The average molecular weight is 295 g/mol. The molecule has 1 fully saturated rings. The molecule has 1 aromatic carbocycles. The van der Waals surface area contributed by atoms with E-state index < -0.39 is 17.7 Å². The Morgan fingerprint density at radius 2 is 2.10 bits per heavy atom. The molecule has 0 radical (unpaired) electrons. The number of benzene rings is 1. The number of amides is 2. The zero-order valence-corrected chi connectivity index (χ0v) is 11.5. The molecule has 0 aliphatic carbocycles. The van der Waals surface area contributed by atoms with Crippen LogP contribution in [0.3, 0.4) is 0 Å². The lowest BCUT2D eigenvalue weighted by atomic mass is 9.94. The van der Waals surface area contributed by atoms with Gasteiger partial charge in [-0.15, -0.1) is 0 Å². The second kappa shape index (κ2) is 6.53. The van der Waals surface area contributed by atoms with E-state index in [4.69, 9.17) is 10.6 Å². The van der Waals surface area contributed by atoms with Crippen LogP contribution in [0.5, 0.6) is 0 Å². The molecular formula is C14H18FN3O3. The molecule has 1 saturated heterocycles. The fraction of sp³-hybridized carbons (Fsp3) is 0.429. The van der Waals surface area contributed by atoms with Gasteiger partial charge in [-0.3, -0.25) is 10.2 Å². The molecule has 2 rings (SSSR count). The van der Waals surface area contributed by atoms with Gasteiger partial charge in [0, 0.05) is 6.54 Å². The molecule has 3 N–H and O–H groups in total. The predicted octanol–water partition coefficient (Wildman–Crippen LogP) is 1.12. The maximum absolute atomic E-state index is 14.4.